The fourth-order valence-corrected chi connectivity index (χ4v) is 2.33. The number of methoxy groups -OCH3 is 1. The molecule has 0 bridgehead atoms. The molecule has 1 amide bonds. The third-order valence-electron chi connectivity index (χ3n) is 3.48. The molecule has 6 nitrogen and oxygen atoms in total. The molecule has 0 atom stereocenters. The van der Waals surface area contributed by atoms with Gasteiger partial charge in [-0.1, -0.05) is 23.4 Å². The highest BCUT2D eigenvalue weighted by Gasteiger charge is 2.23. The van der Waals surface area contributed by atoms with Gasteiger partial charge in [0.15, 0.2) is 11.5 Å². The van der Waals surface area contributed by atoms with Crippen molar-refractivity contribution in [2.24, 2.45) is 0 Å². The molecule has 0 fully saturated rings. The van der Waals surface area contributed by atoms with Crippen LogP contribution in [0.3, 0.4) is 0 Å². The Balaban J connectivity index is 1.81. The van der Waals surface area contributed by atoms with Crippen molar-refractivity contribution in [2.75, 3.05) is 7.11 Å². The summed E-state index contributed by atoms with van der Waals surface area (Å²) in [5.74, 6) is 1.38. The van der Waals surface area contributed by atoms with Crippen molar-refractivity contribution in [3.8, 4) is 17.2 Å². The van der Waals surface area contributed by atoms with E-state index >= 15 is 0 Å². The maximum absolute atomic E-state index is 12.5. The van der Waals surface area contributed by atoms with Gasteiger partial charge in [0.05, 0.1) is 13.4 Å². The quantitative estimate of drug-likeness (QED) is 0.783. The molecule has 0 unspecified atom stereocenters. The molecule has 118 valence electrons. The highest BCUT2D eigenvalue weighted by atomic mass is 16.5. The van der Waals surface area contributed by atoms with Crippen LogP contribution in [0.4, 0.5) is 0 Å². The Kier molecular flexibility index (Phi) is 4.14. The average molecular weight is 312 g/mol. The first-order valence-electron chi connectivity index (χ1n) is 7.11. The number of nitrogens with one attached hydrogen (secondary N) is 1. The van der Waals surface area contributed by atoms with Crippen molar-refractivity contribution < 1.29 is 18.5 Å². The maximum atomic E-state index is 12.5. The minimum atomic E-state index is -0.277. The molecular weight excluding hydrogens is 296 g/mol. The molecule has 3 rings (SSSR count). The van der Waals surface area contributed by atoms with Crippen molar-refractivity contribution in [1.82, 2.24) is 10.5 Å². The van der Waals surface area contributed by atoms with Crippen LogP contribution in [0.5, 0.6) is 5.75 Å². The van der Waals surface area contributed by atoms with Gasteiger partial charge in [-0.05, 0) is 25.1 Å². The van der Waals surface area contributed by atoms with Crippen molar-refractivity contribution >= 4 is 5.91 Å². The summed E-state index contributed by atoms with van der Waals surface area (Å²) < 4.78 is 15.7. The Bertz CT molecular complexity index is 806. The predicted molar refractivity (Wildman–Crippen MR) is 83.1 cm³/mol. The molecule has 0 aliphatic rings. The molecule has 0 saturated carbocycles. The van der Waals surface area contributed by atoms with E-state index in [2.05, 4.69) is 10.5 Å². The monoisotopic (exact) mass is 312 g/mol. The summed E-state index contributed by atoms with van der Waals surface area (Å²) in [7, 11) is 1.60. The average Bonchev–Trinajstić information content (AvgIpc) is 3.22. The first-order chi connectivity index (χ1) is 11.2. The van der Waals surface area contributed by atoms with Gasteiger partial charge in [0.1, 0.15) is 17.1 Å². The molecule has 0 spiro atoms. The first kappa shape index (κ1) is 14.9. The lowest BCUT2D eigenvalue weighted by molar-refractivity contribution is 0.0949. The normalized spacial score (nSPS) is 10.5. The van der Waals surface area contributed by atoms with Crippen LogP contribution in [0.25, 0.3) is 11.5 Å². The summed E-state index contributed by atoms with van der Waals surface area (Å²) in [5, 5.41) is 6.77. The van der Waals surface area contributed by atoms with Crippen molar-refractivity contribution in [3.05, 3.63) is 59.5 Å². The summed E-state index contributed by atoms with van der Waals surface area (Å²) in [6.07, 6.45) is 1.52. The summed E-state index contributed by atoms with van der Waals surface area (Å²) in [6, 6.07) is 11.0. The van der Waals surface area contributed by atoms with E-state index in [4.69, 9.17) is 13.7 Å². The second-order valence-corrected chi connectivity index (χ2v) is 4.93. The number of ether oxygens (including phenoxy) is 1. The zero-order valence-electron chi connectivity index (χ0n) is 12.8. The molecule has 0 radical (unpaired) electrons. The molecule has 6 heteroatoms. The fraction of sp³-hybridized carbons (Fsp3) is 0.176. The molecule has 23 heavy (non-hydrogen) atoms. The zero-order chi connectivity index (χ0) is 16.2. The van der Waals surface area contributed by atoms with Gasteiger partial charge >= 0.3 is 0 Å². The Morgan fingerprint density at radius 2 is 2.09 bits per heavy atom. The number of nitrogens with zero attached hydrogens (tertiary/aromatic N) is 1. The smallest absolute Gasteiger partial charge is 0.257 e. The molecule has 1 N–H and O–H groups in total. The number of rotatable bonds is 5. The van der Waals surface area contributed by atoms with Crippen LogP contribution in [0.1, 0.15) is 21.7 Å². The van der Waals surface area contributed by atoms with Crippen molar-refractivity contribution in [2.45, 2.75) is 13.5 Å². The van der Waals surface area contributed by atoms with Crippen LogP contribution in [-0.2, 0) is 6.54 Å². The van der Waals surface area contributed by atoms with Crippen LogP contribution in [0, 0.1) is 6.92 Å². The number of hydrogen-bond donors (Lipinski definition) is 1. The Morgan fingerprint density at radius 1 is 1.26 bits per heavy atom. The van der Waals surface area contributed by atoms with Crippen molar-refractivity contribution in [1.29, 1.82) is 0 Å². The number of para-hydroxylation sites is 1. The van der Waals surface area contributed by atoms with E-state index in [9.17, 15) is 4.79 Å². The van der Waals surface area contributed by atoms with E-state index in [0.29, 0.717) is 29.3 Å². The Hall–Kier alpha value is -3.02. The molecule has 2 aromatic heterocycles. The highest BCUT2D eigenvalue weighted by molar-refractivity contribution is 6.00. The van der Waals surface area contributed by atoms with E-state index < -0.39 is 0 Å². The largest absolute Gasteiger partial charge is 0.496 e. The lowest BCUT2D eigenvalue weighted by Crippen LogP contribution is -2.24. The van der Waals surface area contributed by atoms with Gasteiger partial charge in [0.2, 0.25) is 0 Å². The van der Waals surface area contributed by atoms with Crippen LogP contribution in [0.2, 0.25) is 0 Å². The van der Waals surface area contributed by atoms with Gasteiger partial charge in [-0.3, -0.25) is 4.79 Å². The summed E-state index contributed by atoms with van der Waals surface area (Å²) in [4.78, 5) is 12.5. The highest BCUT2D eigenvalue weighted by Crippen LogP contribution is 2.25. The summed E-state index contributed by atoms with van der Waals surface area (Å²) in [6.45, 7) is 2.03. The minimum absolute atomic E-state index is 0.277. The van der Waals surface area contributed by atoms with E-state index in [1.54, 1.807) is 26.2 Å². The van der Waals surface area contributed by atoms with E-state index in [-0.39, 0.29) is 5.91 Å². The number of hydrogen-bond acceptors (Lipinski definition) is 5. The minimum Gasteiger partial charge on any atom is -0.496 e. The van der Waals surface area contributed by atoms with E-state index in [1.165, 1.54) is 6.26 Å². The van der Waals surface area contributed by atoms with Gasteiger partial charge in [0, 0.05) is 12.1 Å². The van der Waals surface area contributed by atoms with Crippen molar-refractivity contribution in [3.63, 3.8) is 0 Å². The number of amides is 1. The van der Waals surface area contributed by atoms with Crippen LogP contribution in [0.15, 0.2) is 51.6 Å². The van der Waals surface area contributed by atoms with Crippen LogP contribution >= 0.6 is 0 Å². The zero-order valence-corrected chi connectivity index (χ0v) is 12.8. The lowest BCUT2D eigenvalue weighted by atomic mass is 10.1. The van der Waals surface area contributed by atoms with Gasteiger partial charge in [-0.15, -0.1) is 0 Å². The molecule has 0 aliphatic heterocycles. The second kappa shape index (κ2) is 6.39. The number of aryl methyl sites for hydroxylation is 1. The fourth-order valence-electron chi connectivity index (χ4n) is 2.33. The SMILES string of the molecule is COc1ccccc1CNC(=O)c1c(-c2ccco2)noc1C. The topological polar surface area (TPSA) is 77.5 Å². The maximum Gasteiger partial charge on any atom is 0.257 e. The molecule has 0 saturated heterocycles. The Morgan fingerprint density at radius 3 is 2.83 bits per heavy atom. The second-order valence-electron chi connectivity index (χ2n) is 4.93. The molecule has 1 aromatic carbocycles. The van der Waals surface area contributed by atoms with Crippen LogP contribution in [-0.4, -0.2) is 18.2 Å². The van der Waals surface area contributed by atoms with Gasteiger partial charge in [0.25, 0.3) is 5.91 Å². The summed E-state index contributed by atoms with van der Waals surface area (Å²) >= 11 is 0. The number of aromatic nitrogens is 1. The molecule has 3 aromatic rings. The van der Waals surface area contributed by atoms with E-state index in [1.807, 2.05) is 24.3 Å². The van der Waals surface area contributed by atoms with Gasteiger partial charge in [-0.2, -0.15) is 0 Å². The van der Waals surface area contributed by atoms with Gasteiger partial charge in [-0.25, -0.2) is 0 Å². The number of benzene rings is 1. The number of furan rings is 1. The lowest BCUT2D eigenvalue weighted by Gasteiger charge is -2.09. The third-order valence-corrected chi connectivity index (χ3v) is 3.48. The van der Waals surface area contributed by atoms with E-state index in [0.717, 1.165) is 11.3 Å². The standard InChI is InChI=1S/C17H16N2O4/c1-11-15(16(19-23-11)14-8-5-9-22-14)17(20)18-10-12-6-3-4-7-13(12)21-2/h3-9H,10H2,1-2H3,(H,18,20). The molecule has 0 aliphatic carbocycles. The third kappa shape index (κ3) is 2.96. The number of carbonyl (C=O) groups is 1. The predicted octanol–water partition coefficient (Wildman–Crippen LogP) is 3.18. The van der Waals surface area contributed by atoms with Crippen LogP contribution < -0.4 is 10.1 Å². The van der Waals surface area contributed by atoms with Gasteiger partial charge < -0.3 is 19.0 Å². The Labute approximate surface area is 133 Å². The first-order valence-corrected chi connectivity index (χ1v) is 7.11. The number of carbonyl (C=O) groups excluding carboxylic acids is 1. The molecular formula is C17H16N2O4. The molecule has 2 heterocycles. The summed E-state index contributed by atoms with van der Waals surface area (Å²) in [5.41, 5.74) is 1.65.